The Hall–Kier alpha value is -3.68. The van der Waals surface area contributed by atoms with Crippen molar-refractivity contribution < 1.29 is 24.0 Å². The molecule has 0 saturated carbocycles. The zero-order chi connectivity index (χ0) is 20.4. The third-order valence-corrected chi connectivity index (χ3v) is 3.73. The van der Waals surface area contributed by atoms with Crippen molar-refractivity contribution in [1.29, 1.82) is 0 Å². The molecule has 2 rings (SSSR count). The molecule has 2 aromatic rings. The Morgan fingerprint density at radius 1 is 1.18 bits per heavy atom. The largest absolute Gasteiger partial charge is 0.497 e. The Labute approximate surface area is 161 Å². The van der Waals surface area contributed by atoms with E-state index in [1.165, 1.54) is 24.3 Å². The molecule has 146 valence electrons. The predicted molar refractivity (Wildman–Crippen MR) is 103 cm³/mol. The van der Waals surface area contributed by atoms with Crippen LogP contribution < -0.4 is 10.1 Å². The van der Waals surface area contributed by atoms with E-state index in [4.69, 9.17) is 9.47 Å². The summed E-state index contributed by atoms with van der Waals surface area (Å²) >= 11 is 0. The Morgan fingerprint density at radius 3 is 2.61 bits per heavy atom. The monoisotopic (exact) mass is 384 g/mol. The molecule has 0 bridgehead atoms. The van der Waals surface area contributed by atoms with E-state index >= 15 is 0 Å². The second-order valence-electron chi connectivity index (χ2n) is 5.74. The maximum Gasteiger partial charge on any atom is 0.331 e. The summed E-state index contributed by atoms with van der Waals surface area (Å²) in [6.07, 6.45) is 3.14. The molecule has 0 fully saturated rings. The van der Waals surface area contributed by atoms with Crippen molar-refractivity contribution in [2.45, 2.75) is 6.42 Å². The van der Waals surface area contributed by atoms with E-state index in [0.29, 0.717) is 18.5 Å². The van der Waals surface area contributed by atoms with Gasteiger partial charge in [-0.15, -0.1) is 0 Å². The first-order valence-corrected chi connectivity index (χ1v) is 8.47. The maximum absolute atomic E-state index is 11.7. The standard InChI is InChI=1S/C20H20N2O6/c1-27-18-8-5-15(6-9-18)11-12-21-19(23)14-28-20(24)10-7-16-3-2-4-17(13-16)22(25)26/h2-10,13H,11-12,14H2,1H3,(H,21,23)/b10-7+. The number of methoxy groups -OCH3 is 1. The normalized spacial score (nSPS) is 10.5. The van der Waals surface area contributed by atoms with Crippen molar-refractivity contribution in [2.75, 3.05) is 20.3 Å². The van der Waals surface area contributed by atoms with Gasteiger partial charge in [-0.05, 0) is 35.8 Å². The smallest absolute Gasteiger partial charge is 0.331 e. The van der Waals surface area contributed by atoms with Crippen LogP contribution in [-0.2, 0) is 20.7 Å². The van der Waals surface area contributed by atoms with E-state index in [-0.39, 0.29) is 5.69 Å². The quantitative estimate of drug-likeness (QED) is 0.308. The van der Waals surface area contributed by atoms with Crippen LogP contribution >= 0.6 is 0 Å². The number of nitrogens with one attached hydrogen (secondary N) is 1. The van der Waals surface area contributed by atoms with Crippen LogP contribution in [0.4, 0.5) is 5.69 Å². The highest BCUT2D eigenvalue weighted by molar-refractivity contribution is 5.89. The average Bonchev–Trinajstić information content (AvgIpc) is 2.71. The molecule has 0 unspecified atom stereocenters. The van der Waals surface area contributed by atoms with Gasteiger partial charge in [0.25, 0.3) is 11.6 Å². The number of benzene rings is 2. The molecular weight excluding hydrogens is 364 g/mol. The van der Waals surface area contributed by atoms with Gasteiger partial charge >= 0.3 is 5.97 Å². The first-order valence-electron chi connectivity index (χ1n) is 8.47. The lowest BCUT2D eigenvalue weighted by molar-refractivity contribution is -0.384. The fourth-order valence-corrected chi connectivity index (χ4v) is 2.28. The van der Waals surface area contributed by atoms with Crippen LogP contribution in [0.5, 0.6) is 5.75 Å². The van der Waals surface area contributed by atoms with Crippen molar-refractivity contribution in [1.82, 2.24) is 5.32 Å². The molecule has 8 nitrogen and oxygen atoms in total. The maximum atomic E-state index is 11.7. The highest BCUT2D eigenvalue weighted by Gasteiger charge is 2.06. The summed E-state index contributed by atoms with van der Waals surface area (Å²) in [6, 6.07) is 13.3. The van der Waals surface area contributed by atoms with Gasteiger partial charge in [-0.25, -0.2) is 4.79 Å². The minimum atomic E-state index is -0.711. The number of non-ortho nitro benzene ring substituents is 1. The Balaban J connectivity index is 1.70. The predicted octanol–water partition coefficient (Wildman–Crippen LogP) is 2.52. The number of nitro benzene ring substituents is 1. The fraction of sp³-hybridized carbons (Fsp3) is 0.200. The van der Waals surface area contributed by atoms with Gasteiger partial charge in [0, 0.05) is 24.8 Å². The molecule has 0 aliphatic heterocycles. The number of hydrogen-bond acceptors (Lipinski definition) is 6. The van der Waals surface area contributed by atoms with Gasteiger partial charge in [0.1, 0.15) is 5.75 Å². The zero-order valence-electron chi connectivity index (χ0n) is 15.3. The molecule has 8 heteroatoms. The van der Waals surface area contributed by atoms with E-state index in [1.807, 2.05) is 24.3 Å². The van der Waals surface area contributed by atoms with Crippen molar-refractivity contribution in [3.8, 4) is 5.75 Å². The third-order valence-electron chi connectivity index (χ3n) is 3.73. The molecule has 0 radical (unpaired) electrons. The molecule has 0 heterocycles. The van der Waals surface area contributed by atoms with Gasteiger partial charge < -0.3 is 14.8 Å². The lowest BCUT2D eigenvalue weighted by atomic mass is 10.1. The summed E-state index contributed by atoms with van der Waals surface area (Å²) in [7, 11) is 1.59. The Bertz CT molecular complexity index is 861. The number of carbonyl (C=O) groups is 2. The lowest BCUT2D eigenvalue weighted by Crippen LogP contribution is -2.30. The van der Waals surface area contributed by atoms with Crippen LogP contribution in [0.25, 0.3) is 6.08 Å². The highest BCUT2D eigenvalue weighted by atomic mass is 16.6. The number of carbonyl (C=O) groups excluding carboxylic acids is 2. The molecule has 0 spiro atoms. The van der Waals surface area contributed by atoms with Gasteiger partial charge in [0.05, 0.1) is 12.0 Å². The molecule has 0 atom stereocenters. The lowest BCUT2D eigenvalue weighted by Gasteiger charge is -2.06. The molecule has 0 aliphatic carbocycles. The Kier molecular flexibility index (Phi) is 7.71. The van der Waals surface area contributed by atoms with E-state index in [2.05, 4.69) is 5.32 Å². The van der Waals surface area contributed by atoms with Gasteiger partial charge in [-0.1, -0.05) is 24.3 Å². The first kappa shape index (κ1) is 20.6. The minimum Gasteiger partial charge on any atom is -0.497 e. The van der Waals surface area contributed by atoms with Crippen molar-refractivity contribution in [2.24, 2.45) is 0 Å². The highest BCUT2D eigenvalue weighted by Crippen LogP contribution is 2.14. The van der Waals surface area contributed by atoms with Crippen molar-refractivity contribution in [3.63, 3.8) is 0 Å². The van der Waals surface area contributed by atoms with Gasteiger partial charge in [0.15, 0.2) is 6.61 Å². The molecule has 2 aromatic carbocycles. The zero-order valence-corrected chi connectivity index (χ0v) is 15.3. The van der Waals surface area contributed by atoms with Crippen LogP contribution in [0.2, 0.25) is 0 Å². The van der Waals surface area contributed by atoms with Crippen molar-refractivity contribution in [3.05, 3.63) is 75.8 Å². The second-order valence-corrected chi connectivity index (χ2v) is 5.74. The van der Waals surface area contributed by atoms with Crippen LogP contribution in [0.3, 0.4) is 0 Å². The minimum absolute atomic E-state index is 0.0771. The summed E-state index contributed by atoms with van der Waals surface area (Å²) in [5.41, 5.74) is 1.44. The number of amides is 1. The summed E-state index contributed by atoms with van der Waals surface area (Å²) in [6.45, 7) is 0.00690. The SMILES string of the molecule is COc1ccc(CCNC(=O)COC(=O)/C=C/c2cccc([N+](=O)[O-])c2)cc1. The number of rotatable bonds is 9. The summed E-state index contributed by atoms with van der Waals surface area (Å²) in [5.74, 6) is -0.361. The number of nitro groups is 1. The molecule has 1 amide bonds. The first-order chi connectivity index (χ1) is 13.5. The van der Waals surface area contributed by atoms with Crippen LogP contribution in [0, 0.1) is 10.1 Å². The fourth-order valence-electron chi connectivity index (χ4n) is 2.28. The summed E-state index contributed by atoms with van der Waals surface area (Å²) in [5, 5.41) is 13.4. The van der Waals surface area contributed by atoms with Crippen molar-refractivity contribution >= 4 is 23.6 Å². The summed E-state index contributed by atoms with van der Waals surface area (Å²) in [4.78, 5) is 33.6. The number of esters is 1. The Morgan fingerprint density at radius 2 is 1.93 bits per heavy atom. The van der Waals surface area contributed by atoms with E-state index < -0.39 is 23.4 Å². The van der Waals surface area contributed by atoms with E-state index in [1.54, 1.807) is 13.2 Å². The number of nitrogens with zero attached hydrogens (tertiary/aromatic N) is 1. The molecule has 28 heavy (non-hydrogen) atoms. The van der Waals surface area contributed by atoms with E-state index in [9.17, 15) is 19.7 Å². The van der Waals surface area contributed by atoms with Gasteiger partial charge in [-0.2, -0.15) is 0 Å². The van der Waals surface area contributed by atoms with Crippen LogP contribution in [-0.4, -0.2) is 37.1 Å². The molecular formula is C20H20N2O6. The van der Waals surface area contributed by atoms with Gasteiger partial charge in [-0.3, -0.25) is 14.9 Å². The number of ether oxygens (including phenoxy) is 2. The molecule has 0 aliphatic rings. The summed E-state index contributed by atoms with van der Waals surface area (Å²) < 4.78 is 9.93. The second kappa shape index (κ2) is 10.5. The molecule has 1 N–H and O–H groups in total. The number of hydrogen-bond donors (Lipinski definition) is 1. The van der Waals surface area contributed by atoms with E-state index in [0.717, 1.165) is 17.4 Å². The topological polar surface area (TPSA) is 108 Å². The third kappa shape index (κ3) is 6.91. The van der Waals surface area contributed by atoms with Gasteiger partial charge in [0.2, 0.25) is 0 Å². The molecule has 0 aromatic heterocycles. The average molecular weight is 384 g/mol. The van der Waals surface area contributed by atoms with Crippen LogP contribution in [0.1, 0.15) is 11.1 Å². The molecule has 0 saturated heterocycles. The van der Waals surface area contributed by atoms with Crippen LogP contribution in [0.15, 0.2) is 54.6 Å².